The van der Waals surface area contributed by atoms with Gasteiger partial charge in [-0.15, -0.1) is 0 Å². The number of benzene rings is 2. The Labute approximate surface area is 176 Å². The number of carbonyl (C=O) groups is 2. The fourth-order valence-electron chi connectivity index (χ4n) is 3.44. The molecule has 1 saturated carbocycles. The number of aryl methyl sites for hydroxylation is 2. The highest BCUT2D eigenvalue weighted by molar-refractivity contribution is 5.98. The van der Waals surface area contributed by atoms with E-state index in [-0.39, 0.29) is 17.7 Å². The van der Waals surface area contributed by atoms with E-state index in [0.717, 1.165) is 41.9 Å². The van der Waals surface area contributed by atoms with Crippen molar-refractivity contribution in [1.82, 2.24) is 15.1 Å². The van der Waals surface area contributed by atoms with Gasteiger partial charge in [0.1, 0.15) is 0 Å². The molecule has 0 atom stereocenters. The summed E-state index contributed by atoms with van der Waals surface area (Å²) < 4.78 is 1.93. The molecule has 4 rings (SSSR count). The van der Waals surface area contributed by atoms with Crippen molar-refractivity contribution < 1.29 is 9.59 Å². The van der Waals surface area contributed by atoms with Gasteiger partial charge >= 0.3 is 0 Å². The van der Waals surface area contributed by atoms with Crippen molar-refractivity contribution >= 4 is 17.5 Å². The molecule has 0 saturated heterocycles. The van der Waals surface area contributed by atoms with Gasteiger partial charge in [-0.05, 0) is 75.1 Å². The van der Waals surface area contributed by atoms with Gasteiger partial charge in [0.05, 0.1) is 11.4 Å². The molecule has 6 heteroatoms. The molecule has 3 aromatic rings. The van der Waals surface area contributed by atoms with Crippen LogP contribution in [0.1, 0.15) is 40.2 Å². The number of hydrogen-bond donors (Lipinski definition) is 2. The molecule has 1 fully saturated rings. The Morgan fingerprint density at radius 1 is 1.07 bits per heavy atom. The Bertz CT molecular complexity index is 1070. The zero-order valence-electron chi connectivity index (χ0n) is 17.3. The molecule has 2 amide bonds. The third-order valence-electron chi connectivity index (χ3n) is 5.23. The van der Waals surface area contributed by atoms with Crippen LogP contribution in [-0.4, -0.2) is 28.1 Å². The number of hydrogen-bond acceptors (Lipinski definition) is 3. The molecule has 0 bridgehead atoms. The van der Waals surface area contributed by atoms with Crippen molar-refractivity contribution in [2.24, 2.45) is 5.92 Å². The van der Waals surface area contributed by atoms with E-state index in [2.05, 4.69) is 33.9 Å². The number of amides is 2. The topological polar surface area (TPSA) is 76.0 Å². The van der Waals surface area contributed by atoms with Crippen LogP contribution in [0.2, 0.25) is 0 Å². The molecule has 2 N–H and O–H groups in total. The molecule has 0 aliphatic heterocycles. The van der Waals surface area contributed by atoms with Crippen LogP contribution in [0, 0.1) is 19.8 Å². The van der Waals surface area contributed by atoms with Crippen molar-refractivity contribution in [3.8, 4) is 5.69 Å². The second-order valence-corrected chi connectivity index (χ2v) is 7.86. The third kappa shape index (κ3) is 4.76. The summed E-state index contributed by atoms with van der Waals surface area (Å²) in [5.74, 6) is 0.0309. The monoisotopic (exact) mass is 402 g/mol. The van der Waals surface area contributed by atoms with E-state index in [4.69, 9.17) is 0 Å². The highest BCUT2D eigenvalue weighted by Gasteiger charge is 2.29. The number of aromatic nitrogens is 2. The minimum atomic E-state index is -0.142. The predicted octanol–water partition coefficient (Wildman–Crippen LogP) is 3.81. The normalized spacial score (nSPS) is 13.1. The van der Waals surface area contributed by atoms with Crippen LogP contribution >= 0.6 is 0 Å². The molecule has 1 aliphatic carbocycles. The number of rotatable bonds is 7. The van der Waals surface area contributed by atoms with E-state index in [1.54, 1.807) is 24.3 Å². The molecule has 1 heterocycles. The van der Waals surface area contributed by atoms with E-state index in [1.807, 2.05) is 30.7 Å². The standard InChI is InChI=1S/C24H26N4O2/c1-16-14-17(2)28(27-16)22-10-6-18(7-11-22)12-13-25-23(29)20-4-3-5-21(15-20)26-24(30)19-8-9-19/h3-7,10-11,14-15,19H,8-9,12-13H2,1-2H3,(H,25,29)(H,26,30). The Kier molecular flexibility index (Phi) is 5.65. The van der Waals surface area contributed by atoms with Crippen molar-refractivity contribution in [3.05, 3.63) is 77.1 Å². The van der Waals surface area contributed by atoms with Gasteiger partial charge in [0.2, 0.25) is 5.91 Å². The first kappa shape index (κ1) is 19.9. The van der Waals surface area contributed by atoms with Gasteiger partial charge in [0.25, 0.3) is 5.91 Å². The smallest absolute Gasteiger partial charge is 0.251 e. The summed E-state index contributed by atoms with van der Waals surface area (Å²) in [6.07, 6.45) is 2.64. The number of nitrogens with one attached hydrogen (secondary N) is 2. The van der Waals surface area contributed by atoms with E-state index in [0.29, 0.717) is 17.8 Å². The highest BCUT2D eigenvalue weighted by Crippen LogP contribution is 2.30. The molecule has 1 aromatic heterocycles. The van der Waals surface area contributed by atoms with Crippen molar-refractivity contribution in [2.45, 2.75) is 33.1 Å². The fourth-order valence-corrected chi connectivity index (χ4v) is 3.44. The lowest BCUT2D eigenvalue weighted by Crippen LogP contribution is -2.25. The molecule has 0 unspecified atom stereocenters. The molecule has 30 heavy (non-hydrogen) atoms. The molecule has 1 aliphatic rings. The highest BCUT2D eigenvalue weighted by atomic mass is 16.2. The van der Waals surface area contributed by atoms with Gasteiger partial charge < -0.3 is 10.6 Å². The van der Waals surface area contributed by atoms with Crippen LogP contribution < -0.4 is 10.6 Å². The van der Waals surface area contributed by atoms with Crippen molar-refractivity contribution in [1.29, 1.82) is 0 Å². The van der Waals surface area contributed by atoms with Crippen LogP contribution in [0.4, 0.5) is 5.69 Å². The SMILES string of the molecule is Cc1cc(C)n(-c2ccc(CCNC(=O)c3cccc(NC(=O)C4CC4)c3)cc2)n1. The van der Waals surface area contributed by atoms with Gasteiger partial charge in [-0.2, -0.15) is 5.10 Å². The van der Waals surface area contributed by atoms with Crippen LogP contribution in [0.15, 0.2) is 54.6 Å². The molecule has 6 nitrogen and oxygen atoms in total. The summed E-state index contributed by atoms with van der Waals surface area (Å²) in [6.45, 7) is 4.56. The molecule has 0 spiro atoms. The number of anilines is 1. The quantitative estimate of drug-likeness (QED) is 0.631. The van der Waals surface area contributed by atoms with E-state index in [1.165, 1.54) is 0 Å². The zero-order valence-corrected chi connectivity index (χ0v) is 17.3. The van der Waals surface area contributed by atoms with E-state index in [9.17, 15) is 9.59 Å². The lowest BCUT2D eigenvalue weighted by atomic mass is 10.1. The lowest BCUT2D eigenvalue weighted by molar-refractivity contribution is -0.117. The Morgan fingerprint density at radius 2 is 1.83 bits per heavy atom. The van der Waals surface area contributed by atoms with E-state index >= 15 is 0 Å². The Balaban J connectivity index is 1.30. The maximum absolute atomic E-state index is 12.5. The summed E-state index contributed by atoms with van der Waals surface area (Å²) in [7, 11) is 0. The maximum atomic E-state index is 12.5. The summed E-state index contributed by atoms with van der Waals surface area (Å²) >= 11 is 0. The van der Waals surface area contributed by atoms with Crippen molar-refractivity contribution in [3.63, 3.8) is 0 Å². The first-order valence-electron chi connectivity index (χ1n) is 10.3. The first-order valence-corrected chi connectivity index (χ1v) is 10.3. The lowest BCUT2D eigenvalue weighted by Gasteiger charge is -2.09. The molecular formula is C24H26N4O2. The molecule has 154 valence electrons. The second kappa shape index (κ2) is 8.53. The number of carbonyl (C=O) groups excluding carboxylic acids is 2. The molecule has 2 aromatic carbocycles. The van der Waals surface area contributed by atoms with Gasteiger partial charge in [0.15, 0.2) is 0 Å². The first-order chi connectivity index (χ1) is 14.5. The number of nitrogens with zero attached hydrogens (tertiary/aromatic N) is 2. The zero-order chi connectivity index (χ0) is 21.1. The average molecular weight is 402 g/mol. The average Bonchev–Trinajstić information content (AvgIpc) is 3.53. The largest absolute Gasteiger partial charge is 0.352 e. The van der Waals surface area contributed by atoms with E-state index < -0.39 is 0 Å². The third-order valence-corrected chi connectivity index (χ3v) is 5.23. The minimum Gasteiger partial charge on any atom is -0.352 e. The van der Waals surface area contributed by atoms with Crippen LogP contribution in [0.5, 0.6) is 0 Å². The minimum absolute atomic E-state index is 0.0384. The molecule has 0 radical (unpaired) electrons. The van der Waals surface area contributed by atoms with Gasteiger partial charge in [0, 0.05) is 29.4 Å². The maximum Gasteiger partial charge on any atom is 0.251 e. The van der Waals surface area contributed by atoms with Gasteiger partial charge in [-0.3, -0.25) is 9.59 Å². The van der Waals surface area contributed by atoms with Gasteiger partial charge in [-0.25, -0.2) is 4.68 Å². The summed E-state index contributed by atoms with van der Waals surface area (Å²) in [4.78, 5) is 24.4. The summed E-state index contributed by atoms with van der Waals surface area (Å²) in [5.41, 5.74) is 5.48. The van der Waals surface area contributed by atoms with Crippen molar-refractivity contribution in [2.75, 3.05) is 11.9 Å². The molecular weight excluding hydrogens is 376 g/mol. The van der Waals surface area contributed by atoms with Crippen LogP contribution in [0.3, 0.4) is 0 Å². The van der Waals surface area contributed by atoms with Crippen LogP contribution in [0.25, 0.3) is 5.69 Å². The summed E-state index contributed by atoms with van der Waals surface area (Å²) in [5, 5.41) is 10.3. The summed E-state index contributed by atoms with van der Waals surface area (Å²) in [6, 6.07) is 17.3. The second-order valence-electron chi connectivity index (χ2n) is 7.86. The predicted molar refractivity (Wildman–Crippen MR) is 117 cm³/mol. The van der Waals surface area contributed by atoms with Gasteiger partial charge in [-0.1, -0.05) is 18.2 Å². The Morgan fingerprint density at radius 3 is 2.50 bits per heavy atom. The van der Waals surface area contributed by atoms with Crippen LogP contribution in [-0.2, 0) is 11.2 Å². The fraction of sp³-hybridized carbons (Fsp3) is 0.292. The Hall–Kier alpha value is -3.41.